The molecule has 9 nitrogen and oxygen atoms in total. The van der Waals surface area contributed by atoms with Crippen LogP contribution in [-0.2, 0) is 9.53 Å². The number of pyridine rings is 1. The summed E-state index contributed by atoms with van der Waals surface area (Å²) in [5, 5.41) is 14.5. The molecule has 0 atom stereocenters. The zero-order chi connectivity index (χ0) is 29.4. The number of esters is 1. The fourth-order valence-corrected chi connectivity index (χ4v) is 5.35. The van der Waals surface area contributed by atoms with Gasteiger partial charge in [0.1, 0.15) is 11.8 Å². The van der Waals surface area contributed by atoms with E-state index < -0.39 is 0 Å². The van der Waals surface area contributed by atoms with Crippen LogP contribution in [-0.4, -0.2) is 62.4 Å². The highest BCUT2D eigenvalue weighted by molar-refractivity contribution is 6.37. The van der Waals surface area contributed by atoms with Crippen molar-refractivity contribution in [2.45, 2.75) is 33.1 Å². The second-order valence-electron chi connectivity index (χ2n) is 9.57. The fraction of sp³-hybridized carbons (Fsp3) is 0.433. The van der Waals surface area contributed by atoms with Gasteiger partial charge in [0.05, 0.1) is 65.3 Å². The van der Waals surface area contributed by atoms with Gasteiger partial charge in [0.25, 0.3) is 0 Å². The highest BCUT2D eigenvalue weighted by atomic mass is 35.5. The van der Waals surface area contributed by atoms with Crippen LogP contribution < -0.4 is 19.5 Å². The molecule has 1 aliphatic rings. The van der Waals surface area contributed by atoms with Crippen molar-refractivity contribution in [2.24, 2.45) is 5.92 Å². The Morgan fingerprint density at radius 3 is 2.51 bits per heavy atom. The van der Waals surface area contributed by atoms with Crippen molar-refractivity contribution in [3.05, 3.63) is 46.1 Å². The number of carbonyl (C=O) groups excluding carboxylic acids is 1. The van der Waals surface area contributed by atoms with Gasteiger partial charge in [0.15, 0.2) is 11.5 Å². The summed E-state index contributed by atoms with van der Waals surface area (Å²) in [6, 6.07) is 9.10. The molecule has 0 saturated carbocycles. The minimum absolute atomic E-state index is 0.0000213. The third kappa shape index (κ3) is 7.45. The highest BCUT2D eigenvalue weighted by Gasteiger charge is 2.25. The number of nitrogens with zero attached hydrogens (tertiary/aromatic N) is 3. The van der Waals surface area contributed by atoms with Gasteiger partial charge in [-0.15, -0.1) is 0 Å². The molecule has 0 unspecified atom stereocenters. The van der Waals surface area contributed by atoms with Gasteiger partial charge in [-0.3, -0.25) is 9.78 Å². The number of methoxy groups -OCH3 is 1. The zero-order valence-electron chi connectivity index (χ0n) is 23.5. The molecule has 4 rings (SSSR count). The van der Waals surface area contributed by atoms with Crippen molar-refractivity contribution in [3.63, 3.8) is 0 Å². The van der Waals surface area contributed by atoms with Crippen molar-refractivity contribution < 1.29 is 23.7 Å². The van der Waals surface area contributed by atoms with Gasteiger partial charge in [0.2, 0.25) is 0 Å². The lowest BCUT2D eigenvalue weighted by atomic mass is 9.97. The quantitative estimate of drug-likeness (QED) is 0.181. The first-order chi connectivity index (χ1) is 19.9. The molecular weight excluding hydrogens is 567 g/mol. The van der Waals surface area contributed by atoms with E-state index in [1.54, 1.807) is 12.1 Å². The van der Waals surface area contributed by atoms with Crippen molar-refractivity contribution in [2.75, 3.05) is 51.9 Å². The summed E-state index contributed by atoms with van der Waals surface area (Å²) in [7, 11) is 1.52. The summed E-state index contributed by atoms with van der Waals surface area (Å²) < 4.78 is 22.6. The first-order valence-electron chi connectivity index (χ1n) is 13.7. The van der Waals surface area contributed by atoms with Crippen molar-refractivity contribution in [1.29, 1.82) is 5.26 Å². The number of nitriles is 1. The van der Waals surface area contributed by atoms with Gasteiger partial charge in [-0.05, 0) is 58.3 Å². The van der Waals surface area contributed by atoms with Gasteiger partial charge < -0.3 is 29.2 Å². The van der Waals surface area contributed by atoms with Crippen LogP contribution in [0.15, 0.2) is 30.5 Å². The predicted octanol–water partition coefficient (Wildman–Crippen LogP) is 6.61. The molecule has 1 aliphatic heterocycles. The molecule has 1 fully saturated rings. The van der Waals surface area contributed by atoms with Crippen LogP contribution >= 0.6 is 23.2 Å². The number of carbonyl (C=O) groups is 1. The number of aromatic nitrogens is 1. The maximum absolute atomic E-state index is 12.0. The highest BCUT2D eigenvalue weighted by Crippen LogP contribution is 2.40. The lowest BCUT2D eigenvalue weighted by Crippen LogP contribution is -2.37. The molecule has 0 bridgehead atoms. The van der Waals surface area contributed by atoms with E-state index in [2.05, 4.69) is 21.3 Å². The van der Waals surface area contributed by atoms with Crippen molar-refractivity contribution in [1.82, 2.24) is 9.88 Å². The summed E-state index contributed by atoms with van der Waals surface area (Å²) in [5.41, 5.74) is 2.03. The molecule has 1 N–H and O–H groups in total. The number of likely N-dealkylation sites (tertiary alicyclic amines) is 1. The maximum Gasteiger partial charge on any atom is 0.309 e. The Labute approximate surface area is 250 Å². The van der Waals surface area contributed by atoms with Crippen LogP contribution in [0.2, 0.25) is 10.0 Å². The molecule has 0 radical (unpaired) electrons. The number of fused-ring (bicyclic) bond motifs is 1. The fourth-order valence-electron chi connectivity index (χ4n) is 4.84. The molecule has 0 amide bonds. The largest absolute Gasteiger partial charge is 0.495 e. The van der Waals surface area contributed by atoms with Crippen LogP contribution in [0.4, 0.5) is 11.4 Å². The first kappa shape index (κ1) is 30.5. The third-order valence-corrected chi connectivity index (χ3v) is 7.55. The monoisotopic (exact) mass is 600 g/mol. The molecule has 3 aromatic rings. The van der Waals surface area contributed by atoms with Crippen LogP contribution in [0.1, 0.15) is 38.7 Å². The van der Waals surface area contributed by atoms with E-state index >= 15 is 0 Å². The summed E-state index contributed by atoms with van der Waals surface area (Å²) in [4.78, 5) is 18.8. The summed E-state index contributed by atoms with van der Waals surface area (Å²) in [6.45, 7) is 7.70. The molecule has 1 aromatic heterocycles. The van der Waals surface area contributed by atoms with Crippen molar-refractivity contribution in [3.8, 4) is 23.3 Å². The van der Waals surface area contributed by atoms with Gasteiger partial charge in [-0.2, -0.15) is 5.26 Å². The number of rotatable bonds is 12. The standard InChI is InChI=1S/C30H34Cl2N4O5/c1-4-39-27-13-21-24(15-28(27)41-12-6-9-36-10-7-19(8-11-36)30(37)40-5-2)34-18-20(17-33)29(21)35-25-16-26(38-3)23(32)14-22(25)31/h13-16,18-19H,4-12H2,1-3H3,(H,34,35). The number of hydrogen-bond donors (Lipinski definition) is 1. The van der Waals surface area contributed by atoms with Gasteiger partial charge in [-0.25, -0.2) is 0 Å². The maximum atomic E-state index is 12.0. The average Bonchev–Trinajstić information content (AvgIpc) is 2.97. The zero-order valence-corrected chi connectivity index (χ0v) is 25.0. The van der Waals surface area contributed by atoms with Crippen LogP contribution in [0.3, 0.4) is 0 Å². The molecular formula is C30H34Cl2N4O5. The lowest BCUT2D eigenvalue weighted by Gasteiger charge is -2.30. The molecule has 2 heterocycles. The molecule has 11 heteroatoms. The molecule has 0 aliphatic carbocycles. The van der Waals surface area contributed by atoms with E-state index in [1.807, 2.05) is 26.0 Å². The summed E-state index contributed by atoms with van der Waals surface area (Å²) in [5.74, 6) is 1.49. The molecule has 0 spiro atoms. The number of halogens is 2. The molecule has 218 valence electrons. The Kier molecular flexibility index (Phi) is 10.7. The SMILES string of the molecule is CCOC(=O)C1CCN(CCCOc2cc3ncc(C#N)c(Nc4cc(OC)c(Cl)cc4Cl)c3cc2OCC)CC1. The Morgan fingerprint density at radius 1 is 1.07 bits per heavy atom. The predicted molar refractivity (Wildman–Crippen MR) is 160 cm³/mol. The van der Waals surface area contributed by atoms with Crippen LogP contribution in [0.25, 0.3) is 10.9 Å². The van der Waals surface area contributed by atoms with E-state index in [1.165, 1.54) is 13.3 Å². The number of anilines is 2. The van der Waals surface area contributed by atoms with E-state index in [0.29, 0.717) is 75.0 Å². The number of nitrogens with one attached hydrogen (secondary N) is 1. The lowest BCUT2D eigenvalue weighted by molar-refractivity contribution is -0.149. The average molecular weight is 602 g/mol. The minimum atomic E-state index is -0.0833. The van der Waals surface area contributed by atoms with E-state index in [0.717, 1.165) is 38.9 Å². The van der Waals surface area contributed by atoms with E-state index in [4.69, 9.17) is 42.1 Å². The minimum Gasteiger partial charge on any atom is -0.495 e. The normalized spacial score (nSPS) is 14.0. The van der Waals surface area contributed by atoms with E-state index in [-0.39, 0.29) is 11.9 Å². The smallest absolute Gasteiger partial charge is 0.309 e. The molecule has 1 saturated heterocycles. The molecule has 41 heavy (non-hydrogen) atoms. The second kappa shape index (κ2) is 14.4. The first-order valence-corrected chi connectivity index (χ1v) is 14.5. The van der Waals surface area contributed by atoms with E-state index in [9.17, 15) is 10.1 Å². The van der Waals surface area contributed by atoms with Gasteiger partial charge in [0, 0.05) is 30.3 Å². The van der Waals surface area contributed by atoms with Gasteiger partial charge >= 0.3 is 5.97 Å². The molecule has 2 aromatic carbocycles. The number of benzene rings is 2. The Balaban J connectivity index is 1.49. The Hall–Kier alpha value is -3.45. The van der Waals surface area contributed by atoms with Crippen LogP contribution in [0.5, 0.6) is 17.2 Å². The Bertz CT molecular complexity index is 1420. The van der Waals surface area contributed by atoms with Crippen LogP contribution in [0, 0.1) is 17.2 Å². The number of ether oxygens (including phenoxy) is 4. The number of piperidine rings is 1. The number of hydrogen-bond acceptors (Lipinski definition) is 9. The topological polar surface area (TPSA) is 106 Å². The summed E-state index contributed by atoms with van der Waals surface area (Å²) >= 11 is 12.7. The summed E-state index contributed by atoms with van der Waals surface area (Å²) in [6.07, 6.45) is 3.97. The Morgan fingerprint density at radius 2 is 1.83 bits per heavy atom. The van der Waals surface area contributed by atoms with Gasteiger partial charge in [-0.1, -0.05) is 23.2 Å². The third-order valence-electron chi connectivity index (χ3n) is 6.94. The second-order valence-corrected chi connectivity index (χ2v) is 10.4. The van der Waals surface area contributed by atoms with Crippen molar-refractivity contribution >= 4 is 51.4 Å².